The van der Waals surface area contributed by atoms with Crippen LogP contribution >= 0.6 is 11.8 Å². The van der Waals surface area contributed by atoms with Crippen molar-refractivity contribution in [2.45, 2.75) is 63.0 Å². The summed E-state index contributed by atoms with van der Waals surface area (Å²) in [7, 11) is 0. The summed E-state index contributed by atoms with van der Waals surface area (Å²) in [5.74, 6) is 0.934. The number of rotatable bonds is 4. The molecule has 2 amide bonds. The summed E-state index contributed by atoms with van der Waals surface area (Å²) in [6.45, 7) is 7.14. The number of nitrogens with zero attached hydrogens (tertiary/aromatic N) is 1. The van der Waals surface area contributed by atoms with Crippen LogP contribution in [0.4, 0.5) is 4.79 Å². The van der Waals surface area contributed by atoms with Crippen molar-refractivity contribution in [2.75, 3.05) is 32.1 Å². The van der Waals surface area contributed by atoms with E-state index in [2.05, 4.69) is 12.2 Å². The molecule has 0 bridgehead atoms. The van der Waals surface area contributed by atoms with Crippen LogP contribution in [0.2, 0.25) is 0 Å². The van der Waals surface area contributed by atoms with Gasteiger partial charge in [-0.25, -0.2) is 4.79 Å². The summed E-state index contributed by atoms with van der Waals surface area (Å²) in [5.41, 5.74) is 0. The maximum atomic E-state index is 12.6. The normalized spacial score (nSPS) is 33.8. The minimum Gasteiger partial charge on any atom is -0.347 e. The van der Waals surface area contributed by atoms with Gasteiger partial charge in [-0.15, -0.1) is 0 Å². The number of hydrogen-bond acceptors (Lipinski definition) is 4. The fraction of sp³-hybridized carbons (Fsp3) is 0.941. The van der Waals surface area contributed by atoms with Gasteiger partial charge >= 0.3 is 6.03 Å². The van der Waals surface area contributed by atoms with Crippen molar-refractivity contribution in [1.82, 2.24) is 10.2 Å². The Balaban J connectivity index is 1.49. The van der Waals surface area contributed by atoms with E-state index in [1.165, 1.54) is 6.42 Å². The lowest BCUT2D eigenvalue weighted by Gasteiger charge is -2.40. The Bertz CT molecular complexity index is 415. The summed E-state index contributed by atoms with van der Waals surface area (Å²) in [5, 5.41) is 3.97. The summed E-state index contributed by atoms with van der Waals surface area (Å²) < 4.78 is 11.6. The summed E-state index contributed by atoms with van der Waals surface area (Å²) in [6.07, 6.45) is 5.56. The molecule has 1 aliphatic carbocycles. The second-order valence-electron chi connectivity index (χ2n) is 7.03. The average Bonchev–Trinajstić information content (AvgIpc) is 3.18. The molecule has 0 spiro atoms. The third-order valence-corrected chi connectivity index (χ3v) is 6.66. The van der Waals surface area contributed by atoms with E-state index >= 15 is 0 Å². The Kier molecular flexibility index (Phi) is 5.75. The highest BCUT2D eigenvalue weighted by molar-refractivity contribution is 7.99. The Morgan fingerprint density at radius 3 is 2.83 bits per heavy atom. The fourth-order valence-corrected chi connectivity index (χ4v) is 5.22. The van der Waals surface area contributed by atoms with Crippen LogP contribution in [-0.2, 0) is 9.47 Å². The molecule has 3 atom stereocenters. The Hall–Kier alpha value is -0.460. The van der Waals surface area contributed by atoms with E-state index in [0.717, 1.165) is 49.8 Å². The topological polar surface area (TPSA) is 50.8 Å². The van der Waals surface area contributed by atoms with Crippen molar-refractivity contribution >= 4 is 17.8 Å². The van der Waals surface area contributed by atoms with Gasteiger partial charge in [0.15, 0.2) is 5.79 Å². The summed E-state index contributed by atoms with van der Waals surface area (Å²) in [6, 6.07) is 0.449. The molecular formula is C17H30N2O3S. The zero-order valence-electron chi connectivity index (χ0n) is 14.4. The first kappa shape index (κ1) is 17.4. The van der Waals surface area contributed by atoms with Crippen LogP contribution in [-0.4, -0.2) is 60.1 Å². The standard InChI is InChI=1S/C17H30N2O3S/c1-3-23-15-7-6-14(11-15)18-16(20)19-8-4-5-13(12-19)17(2)21-9-10-22-17/h13-15H,3-12H2,1-2H3,(H,18,20)/t13-,14-,15-/m1/s1. The van der Waals surface area contributed by atoms with Crippen LogP contribution in [0.5, 0.6) is 0 Å². The number of piperidine rings is 1. The molecule has 3 fully saturated rings. The van der Waals surface area contributed by atoms with Gasteiger partial charge in [-0.3, -0.25) is 0 Å². The van der Waals surface area contributed by atoms with Crippen LogP contribution in [0.25, 0.3) is 0 Å². The molecule has 1 N–H and O–H groups in total. The monoisotopic (exact) mass is 342 g/mol. The molecule has 6 heteroatoms. The van der Waals surface area contributed by atoms with Gasteiger partial charge in [-0.1, -0.05) is 6.92 Å². The summed E-state index contributed by atoms with van der Waals surface area (Å²) in [4.78, 5) is 14.6. The number of likely N-dealkylation sites (tertiary alicyclic amines) is 1. The van der Waals surface area contributed by atoms with Crippen LogP contribution < -0.4 is 5.32 Å². The fourth-order valence-electron chi connectivity index (χ4n) is 4.08. The first-order chi connectivity index (χ1) is 11.1. The Morgan fingerprint density at radius 2 is 2.09 bits per heavy atom. The van der Waals surface area contributed by atoms with E-state index in [1.807, 2.05) is 23.6 Å². The van der Waals surface area contributed by atoms with Crippen LogP contribution in [0.1, 0.15) is 46.0 Å². The zero-order chi connectivity index (χ0) is 16.3. The second-order valence-corrected chi connectivity index (χ2v) is 8.61. The van der Waals surface area contributed by atoms with Crippen molar-refractivity contribution in [3.63, 3.8) is 0 Å². The van der Waals surface area contributed by atoms with Crippen molar-refractivity contribution in [3.05, 3.63) is 0 Å². The molecule has 0 unspecified atom stereocenters. The molecular weight excluding hydrogens is 312 g/mol. The van der Waals surface area contributed by atoms with E-state index in [9.17, 15) is 4.79 Å². The maximum Gasteiger partial charge on any atom is 0.317 e. The highest BCUT2D eigenvalue weighted by atomic mass is 32.2. The van der Waals surface area contributed by atoms with E-state index in [0.29, 0.717) is 19.3 Å². The highest BCUT2D eigenvalue weighted by Crippen LogP contribution is 2.34. The van der Waals surface area contributed by atoms with Gasteiger partial charge in [0.05, 0.1) is 13.2 Å². The van der Waals surface area contributed by atoms with Gasteiger partial charge < -0.3 is 19.7 Å². The molecule has 0 aromatic heterocycles. The van der Waals surface area contributed by atoms with Crippen molar-refractivity contribution in [3.8, 4) is 0 Å². The molecule has 3 aliphatic rings. The van der Waals surface area contributed by atoms with E-state index < -0.39 is 5.79 Å². The quantitative estimate of drug-likeness (QED) is 0.853. The van der Waals surface area contributed by atoms with Gasteiger partial charge in [0.25, 0.3) is 0 Å². The molecule has 0 aromatic carbocycles. The Labute approximate surface area is 143 Å². The minimum absolute atomic E-state index is 0.100. The number of carbonyl (C=O) groups is 1. The third kappa shape index (κ3) is 4.15. The van der Waals surface area contributed by atoms with E-state index in [1.54, 1.807) is 0 Å². The molecule has 23 heavy (non-hydrogen) atoms. The predicted molar refractivity (Wildman–Crippen MR) is 92.7 cm³/mol. The van der Waals surface area contributed by atoms with Crippen molar-refractivity contribution in [1.29, 1.82) is 0 Å². The van der Waals surface area contributed by atoms with E-state index in [-0.39, 0.29) is 11.9 Å². The van der Waals surface area contributed by atoms with Crippen LogP contribution in [0.3, 0.4) is 0 Å². The molecule has 5 nitrogen and oxygen atoms in total. The number of ether oxygens (including phenoxy) is 2. The molecule has 0 radical (unpaired) electrons. The largest absolute Gasteiger partial charge is 0.347 e. The molecule has 2 heterocycles. The predicted octanol–water partition coefficient (Wildman–Crippen LogP) is 2.85. The Morgan fingerprint density at radius 1 is 1.30 bits per heavy atom. The smallest absolute Gasteiger partial charge is 0.317 e. The number of carbonyl (C=O) groups excluding carboxylic acids is 1. The van der Waals surface area contributed by atoms with Crippen molar-refractivity contribution in [2.24, 2.45) is 5.92 Å². The molecule has 2 aliphatic heterocycles. The van der Waals surface area contributed by atoms with Crippen molar-refractivity contribution < 1.29 is 14.3 Å². The van der Waals surface area contributed by atoms with Gasteiger partial charge in [-0.2, -0.15) is 11.8 Å². The van der Waals surface area contributed by atoms with Crippen LogP contribution in [0.15, 0.2) is 0 Å². The third-order valence-electron chi connectivity index (χ3n) is 5.43. The number of hydrogen-bond donors (Lipinski definition) is 1. The molecule has 2 saturated heterocycles. The number of urea groups is 1. The zero-order valence-corrected chi connectivity index (χ0v) is 15.2. The molecule has 0 aromatic rings. The molecule has 132 valence electrons. The SMILES string of the molecule is CCS[C@@H]1CC[C@@H](NC(=O)N2CCC[C@@H](C3(C)OCCO3)C2)C1. The lowest BCUT2D eigenvalue weighted by Crippen LogP contribution is -2.52. The lowest BCUT2D eigenvalue weighted by atomic mass is 9.90. The van der Waals surface area contributed by atoms with Gasteiger partial charge in [-0.05, 0) is 44.8 Å². The lowest BCUT2D eigenvalue weighted by molar-refractivity contribution is -0.189. The molecule has 1 saturated carbocycles. The molecule has 3 rings (SSSR count). The number of nitrogens with one attached hydrogen (secondary N) is 1. The first-order valence-electron chi connectivity index (χ1n) is 9.05. The van der Waals surface area contributed by atoms with Gasteiger partial charge in [0.2, 0.25) is 0 Å². The summed E-state index contributed by atoms with van der Waals surface area (Å²) >= 11 is 2.02. The maximum absolute atomic E-state index is 12.6. The van der Waals surface area contributed by atoms with E-state index in [4.69, 9.17) is 9.47 Å². The number of amides is 2. The van der Waals surface area contributed by atoms with Crippen LogP contribution in [0, 0.1) is 5.92 Å². The van der Waals surface area contributed by atoms with Gasteiger partial charge in [0.1, 0.15) is 0 Å². The average molecular weight is 343 g/mol. The second kappa shape index (κ2) is 7.62. The minimum atomic E-state index is -0.505. The highest BCUT2D eigenvalue weighted by Gasteiger charge is 2.42. The first-order valence-corrected chi connectivity index (χ1v) is 10.1. The number of thioether (sulfide) groups is 1. The van der Waals surface area contributed by atoms with Gasteiger partial charge in [0, 0.05) is 30.3 Å².